The zero-order valence-corrected chi connectivity index (χ0v) is 20.0. The van der Waals surface area contributed by atoms with E-state index in [0.717, 1.165) is 58.9 Å². The number of nitrogens with zero attached hydrogens (tertiary/aromatic N) is 5. The minimum atomic E-state index is -0.108. The third kappa shape index (κ3) is 4.37. The number of benzene rings is 1. The van der Waals surface area contributed by atoms with E-state index < -0.39 is 0 Å². The lowest BCUT2D eigenvalue weighted by Crippen LogP contribution is -2.44. The van der Waals surface area contributed by atoms with Crippen LogP contribution >= 0.6 is 11.6 Å². The fourth-order valence-electron chi connectivity index (χ4n) is 4.65. The SMILES string of the molecule is Cc1nnc(N2CCC[C@@H](C(=O)NCCc3ccco3)C2)c2nn(-c3ccc(Cl)cc3)c(C)c12. The molecule has 34 heavy (non-hydrogen) atoms. The number of hydrogen-bond acceptors (Lipinski definition) is 6. The zero-order valence-electron chi connectivity index (χ0n) is 19.3. The van der Waals surface area contributed by atoms with E-state index in [0.29, 0.717) is 24.5 Å². The Hall–Kier alpha value is -3.39. The first-order valence-electron chi connectivity index (χ1n) is 11.5. The molecule has 1 fully saturated rings. The summed E-state index contributed by atoms with van der Waals surface area (Å²) in [6.45, 7) is 5.95. The Bertz CT molecular complexity index is 1300. The molecule has 1 aliphatic rings. The molecular formula is C25H27ClN6O2. The fourth-order valence-corrected chi connectivity index (χ4v) is 4.78. The van der Waals surface area contributed by atoms with Crippen molar-refractivity contribution >= 4 is 34.2 Å². The molecule has 1 aromatic carbocycles. The van der Waals surface area contributed by atoms with Crippen molar-refractivity contribution in [1.29, 1.82) is 0 Å². The predicted octanol–water partition coefficient (Wildman–Crippen LogP) is 4.25. The van der Waals surface area contributed by atoms with Gasteiger partial charge in [-0.25, -0.2) is 4.68 Å². The van der Waals surface area contributed by atoms with Gasteiger partial charge in [-0.15, -0.1) is 5.10 Å². The summed E-state index contributed by atoms with van der Waals surface area (Å²) in [4.78, 5) is 15.0. The number of hydrogen-bond donors (Lipinski definition) is 1. The molecule has 1 atom stereocenters. The first kappa shape index (κ1) is 22.4. The Balaban J connectivity index is 1.37. The minimum Gasteiger partial charge on any atom is -0.469 e. The number of piperidine rings is 1. The number of anilines is 1. The number of fused-ring (bicyclic) bond motifs is 1. The van der Waals surface area contributed by atoms with Crippen LogP contribution in [0, 0.1) is 19.8 Å². The number of aromatic nitrogens is 4. The van der Waals surface area contributed by atoms with Gasteiger partial charge in [0.1, 0.15) is 11.3 Å². The van der Waals surface area contributed by atoms with Gasteiger partial charge in [0.05, 0.1) is 34.6 Å². The number of carbonyl (C=O) groups excluding carboxylic acids is 1. The lowest BCUT2D eigenvalue weighted by molar-refractivity contribution is -0.125. The van der Waals surface area contributed by atoms with Crippen LogP contribution in [-0.4, -0.2) is 45.5 Å². The number of nitrogens with one attached hydrogen (secondary N) is 1. The molecule has 1 N–H and O–H groups in total. The highest BCUT2D eigenvalue weighted by molar-refractivity contribution is 6.30. The quantitative estimate of drug-likeness (QED) is 0.445. The lowest BCUT2D eigenvalue weighted by atomic mass is 9.97. The van der Waals surface area contributed by atoms with Crippen molar-refractivity contribution in [3.8, 4) is 5.69 Å². The van der Waals surface area contributed by atoms with Crippen molar-refractivity contribution in [2.75, 3.05) is 24.5 Å². The molecule has 1 saturated heterocycles. The van der Waals surface area contributed by atoms with Gasteiger partial charge in [0.15, 0.2) is 5.82 Å². The maximum Gasteiger partial charge on any atom is 0.224 e. The first-order chi connectivity index (χ1) is 16.5. The second-order valence-electron chi connectivity index (χ2n) is 8.71. The lowest BCUT2D eigenvalue weighted by Gasteiger charge is -2.32. The van der Waals surface area contributed by atoms with Gasteiger partial charge in [-0.3, -0.25) is 4.79 Å². The molecule has 8 nitrogen and oxygen atoms in total. The third-order valence-electron chi connectivity index (χ3n) is 6.40. The van der Waals surface area contributed by atoms with E-state index in [4.69, 9.17) is 21.1 Å². The van der Waals surface area contributed by atoms with E-state index in [1.807, 2.05) is 54.9 Å². The summed E-state index contributed by atoms with van der Waals surface area (Å²) < 4.78 is 7.25. The van der Waals surface area contributed by atoms with E-state index in [1.54, 1.807) is 6.26 Å². The molecule has 176 valence electrons. The maximum atomic E-state index is 12.9. The van der Waals surface area contributed by atoms with E-state index in [2.05, 4.69) is 20.4 Å². The summed E-state index contributed by atoms with van der Waals surface area (Å²) >= 11 is 6.07. The van der Waals surface area contributed by atoms with Gasteiger partial charge in [-0.05, 0) is 63.1 Å². The minimum absolute atomic E-state index is 0.0652. The average Bonchev–Trinajstić information content (AvgIpc) is 3.48. The molecular weight excluding hydrogens is 452 g/mol. The molecule has 0 bridgehead atoms. The normalized spacial score (nSPS) is 16.2. The second kappa shape index (κ2) is 9.46. The third-order valence-corrected chi connectivity index (χ3v) is 6.65. The highest BCUT2D eigenvalue weighted by Gasteiger charge is 2.29. The monoisotopic (exact) mass is 478 g/mol. The van der Waals surface area contributed by atoms with Gasteiger partial charge < -0.3 is 14.6 Å². The van der Waals surface area contributed by atoms with Crippen LogP contribution in [0.3, 0.4) is 0 Å². The molecule has 1 amide bonds. The summed E-state index contributed by atoms with van der Waals surface area (Å²) in [5.74, 6) is 1.55. The molecule has 0 spiro atoms. The summed E-state index contributed by atoms with van der Waals surface area (Å²) in [5.41, 5.74) is 3.56. The van der Waals surface area contributed by atoms with E-state index >= 15 is 0 Å². The topological polar surface area (TPSA) is 89.1 Å². The molecule has 3 aromatic heterocycles. The van der Waals surface area contributed by atoms with Crippen molar-refractivity contribution in [3.63, 3.8) is 0 Å². The van der Waals surface area contributed by atoms with Crippen molar-refractivity contribution in [1.82, 2.24) is 25.3 Å². The second-order valence-corrected chi connectivity index (χ2v) is 9.15. The summed E-state index contributed by atoms with van der Waals surface area (Å²) in [6.07, 6.45) is 4.09. The first-order valence-corrected chi connectivity index (χ1v) is 11.9. The number of aryl methyl sites for hydroxylation is 2. The Morgan fingerprint density at radius 3 is 2.79 bits per heavy atom. The van der Waals surface area contributed by atoms with Crippen LogP contribution < -0.4 is 10.2 Å². The van der Waals surface area contributed by atoms with Gasteiger partial charge in [-0.2, -0.15) is 10.2 Å². The molecule has 0 unspecified atom stereocenters. The highest BCUT2D eigenvalue weighted by Crippen LogP contribution is 2.31. The Morgan fingerprint density at radius 1 is 1.21 bits per heavy atom. The van der Waals surface area contributed by atoms with Crippen molar-refractivity contribution in [2.24, 2.45) is 5.92 Å². The van der Waals surface area contributed by atoms with Crippen LogP contribution in [0.15, 0.2) is 47.1 Å². The van der Waals surface area contributed by atoms with Crippen molar-refractivity contribution in [3.05, 3.63) is 64.8 Å². The number of halogens is 1. The summed E-state index contributed by atoms with van der Waals surface area (Å²) in [5, 5.41) is 18.6. The van der Waals surface area contributed by atoms with Crippen LogP contribution in [0.5, 0.6) is 0 Å². The van der Waals surface area contributed by atoms with Crippen LogP contribution in [0.2, 0.25) is 5.02 Å². The van der Waals surface area contributed by atoms with Gasteiger partial charge in [0.2, 0.25) is 5.91 Å². The molecule has 5 rings (SSSR count). The molecule has 0 radical (unpaired) electrons. The molecule has 1 aliphatic heterocycles. The smallest absolute Gasteiger partial charge is 0.224 e. The van der Waals surface area contributed by atoms with Crippen LogP contribution in [0.1, 0.15) is 30.0 Å². The average molecular weight is 479 g/mol. The van der Waals surface area contributed by atoms with Crippen LogP contribution in [-0.2, 0) is 11.2 Å². The summed E-state index contributed by atoms with van der Waals surface area (Å²) in [6, 6.07) is 11.4. The Morgan fingerprint density at radius 2 is 2.03 bits per heavy atom. The number of furan rings is 1. The molecule has 4 aromatic rings. The van der Waals surface area contributed by atoms with E-state index in [9.17, 15) is 4.79 Å². The Kier molecular flexibility index (Phi) is 6.24. The number of rotatable bonds is 6. The predicted molar refractivity (Wildman–Crippen MR) is 132 cm³/mol. The fraction of sp³-hybridized carbons (Fsp3) is 0.360. The van der Waals surface area contributed by atoms with Crippen LogP contribution in [0.4, 0.5) is 5.82 Å². The molecule has 0 aliphatic carbocycles. The maximum absolute atomic E-state index is 12.9. The summed E-state index contributed by atoms with van der Waals surface area (Å²) in [7, 11) is 0. The standard InChI is InChI=1S/C25H27ClN6O2/c1-16-22-17(2)32(20-9-7-19(26)8-10-20)30-23(22)24(29-28-16)31-13-3-5-18(15-31)25(33)27-12-11-21-6-4-14-34-21/h4,6-10,14,18H,3,5,11-13,15H2,1-2H3,(H,27,33)/t18-/m1/s1. The molecule has 0 saturated carbocycles. The van der Waals surface area contributed by atoms with Crippen LogP contribution in [0.25, 0.3) is 16.6 Å². The van der Waals surface area contributed by atoms with Crippen molar-refractivity contribution < 1.29 is 9.21 Å². The van der Waals surface area contributed by atoms with Gasteiger partial charge in [0, 0.05) is 31.1 Å². The molecule has 4 heterocycles. The zero-order chi connectivity index (χ0) is 23.7. The Labute approximate surface area is 202 Å². The van der Waals surface area contributed by atoms with Gasteiger partial charge >= 0.3 is 0 Å². The highest BCUT2D eigenvalue weighted by atomic mass is 35.5. The van der Waals surface area contributed by atoms with Gasteiger partial charge in [-0.1, -0.05) is 11.6 Å². The number of carbonyl (C=O) groups is 1. The van der Waals surface area contributed by atoms with E-state index in [1.165, 1.54) is 0 Å². The van der Waals surface area contributed by atoms with E-state index in [-0.39, 0.29) is 11.8 Å². The van der Waals surface area contributed by atoms with Crippen molar-refractivity contribution in [2.45, 2.75) is 33.1 Å². The molecule has 9 heteroatoms. The van der Waals surface area contributed by atoms with Gasteiger partial charge in [0.25, 0.3) is 0 Å². The number of amides is 1. The largest absolute Gasteiger partial charge is 0.469 e.